The van der Waals surface area contributed by atoms with Crippen LogP contribution in [-0.2, 0) is 16.6 Å². The highest BCUT2D eigenvalue weighted by molar-refractivity contribution is 7.89. The van der Waals surface area contributed by atoms with Gasteiger partial charge in [0.1, 0.15) is 16.7 Å². The number of Topliss-reactive ketones (excluding diaryl/α,β-unsaturated/α-hetero) is 1. The van der Waals surface area contributed by atoms with Crippen LogP contribution >= 0.6 is 11.3 Å². The fourth-order valence-electron chi connectivity index (χ4n) is 4.82. The van der Waals surface area contributed by atoms with E-state index in [0.29, 0.717) is 18.7 Å². The van der Waals surface area contributed by atoms with Crippen LogP contribution in [0.25, 0.3) is 0 Å². The highest BCUT2D eigenvalue weighted by atomic mass is 32.2. The van der Waals surface area contributed by atoms with Gasteiger partial charge >= 0.3 is 0 Å². The van der Waals surface area contributed by atoms with Gasteiger partial charge in [-0.05, 0) is 66.6 Å². The summed E-state index contributed by atoms with van der Waals surface area (Å²) in [6.07, 6.45) is 0.493. The third kappa shape index (κ3) is 5.29. The summed E-state index contributed by atoms with van der Waals surface area (Å²) in [4.78, 5) is 14.1. The summed E-state index contributed by atoms with van der Waals surface area (Å²) in [6.45, 7) is 12.8. The molecule has 0 saturated heterocycles. The van der Waals surface area contributed by atoms with Crippen molar-refractivity contribution < 1.29 is 17.9 Å². The Kier molecular flexibility index (Phi) is 7.47. The molecule has 0 bridgehead atoms. The minimum absolute atomic E-state index is 0.0721. The molecular formula is C29H35NO4S2. The standard InChI is InChI=1S/C29H35NO4S2/c1-7-23-18-30(36(32,33)27-11-9-8-10-24(27)34-23)17-22-16-21(13-12-19(22)2)28(29(4,5)6)26-15-14-25(35-26)20(3)31/h8-16,23,28H,7,17-18H2,1-6H3/t23-,28?/m1/s1. The molecule has 0 aliphatic carbocycles. The van der Waals surface area contributed by atoms with E-state index in [1.807, 2.05) is 19.9 Å². The van der Waals surface area contributed by atoms with E-state index < -0.39 is 10.0 Å². The van der Waals surface area contributed by atoms with E-state index in [4.69, 9.17) is 4.74 Å². The van der Waals surface area contributed by atoms with E-state index in [-0.39, 0.29) is 34.7 Å². The van der Waals surface area contributed by atoms with Gasteiger partial charge in [-0.25, -0.2) is 8.42 Å². The average molecular weight is 526 g/mol. The number of thiophene rings is 1. The monoisotopic (exact) mass is 525 g/mol. The highest BCUT2D eigenvalue weighted by Gasteiger charge is 2.35. The molecule has 2 aromatic carbocycles. The number of fused-ring (bicyclic) bond motifs is 1. The summed E-state index contributed by atoms with van der Waals surface area (Å²) in [5, 5.41) is 0. The smallest absolute Gasteiger partial charge is 0.247 e. The fraction of sp³-hybridized carbons (Fsp3) is 0.414. The second-order valence-corrected chi connectivity index (χ2v) is 13.7. The summed E-state index contributed by atoms with van der Waals surface area (Å²) in [7, 11) is -3.72. The first kappa shape index (κ1) is 26.6. The lowest BCUT2D eigenvalue weighted by atomic mass is 9.75. The van der Waals surface area contributed by atoms with Crippen LogP contribution < -0.4 is 4.74 Å². The summed E-state index contributed by atoms with van der Waals surface area (Å²) in [5.74, 6) is 0.565. The van der Waals surface area contributed by atoms with E-state index >= 15 is 0 Å². The molecule has 192 valence electrons. The number of aryl methyl sites for hydroxylation is 1. The zero-order valence-corrected chi connectivity index (χ0v) is 23.5. The Morgan fingerprint density at radius 1 is 1.14 bits per heavy atom. The minimum atomic E-state index is -3.72. The molecule has 0 spiro atoms. The Morgan fingerprint density at radius 2 is 1.86 bits per heavy atom. The fourth-order valence-corrected chi connectivity index (χ4v) is 7.67. The molecule has 1 aliphatic rings. The summed E-state index contributed by atoms with van der Waals surface area (Å²) >= 11 is 1.54. The predicted octanol–water partition coefficient (Wildman–Crippen LogP) is 6.80. The van der Waals surface area contributed by atoms with Crippen molar-refractivity contribution in [3.63, 3.8) is 0 Å². The number of sulfonamides is 1. The van der Waals surface area contributed by atoms with Crippen LogP contribution in [0.2, 0.25) is 0 Å². The predicted molar refractivity (Wildman–Crippen MR) is 146 cm³/mol. The molecule has 1 unspecified atom stereocenters. The number of hydrogen-bond acceptors (Lipinski definition) is 5. The van der Waals surface area contributed by atoms with E-state index in [1.165, 1.54) is 0 Å². The van der Waals surface area contributed by atoms with E-state index in [1.54, 1.807) is 46.8 Å². The Labute approximate surface area is 219 Å². The molecule has 7 heteroatoms. The van der Waals surface area contributed by atoms with Gasteiger partial charge in [-0.2, -0.15) is 4.31 Å². The highest BCUT2D eigenvalue weighted by Crippen LogP contribution is 2.44. The van der Waals surface area contributed by atoms with E-state index in [9.17, 15) is 13.2 Å². The van der Waals surface area contributed by atoms with Crippen LogP contribution in [0.3, 0.4) is 0 Å². The van der Waals surface area contributed by atoms with E-state index in [0.717, 1.165) is 26.4 Å². The van der Waals surface area contributed by atoms with Crippen molar-refractivity contribution in [3.8, 4) is 5.75 Å². The van der Waals surface area contributed by atoms with Crippen molar-refractivity contribution in [1.82, 2.24) is 4.31 Å². The van der Waals surface area contributed by atoms with Crippen LogP contribution in [0.4, 0.5) is 0 Å². The molecule has 2 heterocycles. The average Bonchev–Trinajstić information content (AvgIpc) is 3.25. The molecule has 1 aromatic heterocycles. The molecule has 0 N–H and O–H groups in total. The number of hydrogen-bond donors (Lipinski definition) is 0. The van der Waals surface area contributed by atoms with Gasteiger partial charge in [0, 0.05) is 17.3 Å². The Bertz CT molecular complexity index is 1370. The lowest BCUT2D eigenvalue weighted by molar-refractivity contribution is 0.102. The first-order valence-electron chi connectivity index (χ1n) is 12.4. The lowest BCUT2D eigenvalue weighted by Crippen LogP contribution is -2.36. The molecule has 0 fully saturated rings. The van der Waals surface area contributed by atoms with Gasteiger partial charge in [-0.15, -0.1) is 11.3 Å². The molecule has 0 saturated carbocycles. The van der Waals surface area contributed by atoms with Crippen molar-refractivity contribution >= 4 is 27.1 Å². The van der Waals surface area contributed by atoms with Gasteiger partial charge in [0.25, 0.3) is 0 Å². The van der Waals surface area contributed by atoms with Gasteiger partial charge in [-0.3, -0.25) is 4.79 Å². The van der Waals surface area contributed by atoms with Crippen molar-refractivity contribution in [3.05, 3.63) is 81.0 Å². The van der Waals surface area contributed by atoms with Crippen LogP contribution in [0.15, 0.2) is 59.5 Å². The topological polar surface area (TPSA) is 63.7 Å². The van der Waals surface area contributed by atoms with Gasteiger partial charge in [0.05, 0.1) is 11.4 Å². The number of carbonyl (C=O) groups excluding carboxylic acids is 1. The number of ketones is 1. The lowest BCUT2D eigenvalue weighted by Gasteiger charge is -2.31. The second kappa shape index (κ2) is 10.1. The zero-order chi connectivity index (χ0) is 26.3. The van der Waals surface area contributed by atoms with Crippen molar-refractivity contribution in [2.75, 3.05) is 6.54 Å². The van der Waals surface area contributed by atoms with Crippen molar-refractivity contribution in [2.45, 2.75) is 71.4 Å². The number of ether oxygens (including phenoxy) is 1. The minimum Gasteiger partial charge on any atom is -0.488 e. The van der Waals surface area contributed by atoms with Gasteiger partial charge in [-0.1, -0.05) is 58.0 Å². The molecule has 4 rings (SSSR count). The largest absolute Gasteiger partial charge is 0.488 e. The first-order chi connectivity index (χ1) is 16.9. The summed E-state index contributed by atoms with van der Waals surface area (Å²) in [5.41, 5.74) is 3.04. The quantitative estimate of drug-likeness (QED) is 0.332. The van der Waals surface area contributed by atoms with Gasteiger partial charge in [0.15, 0.2) is 5.78 Å². The Morgan fingerprint density at radius 3 is 2.50 bits per heavy atom. The molecule has 0 radical (unpaired) electrons. The number of nitrogens with zero attached hydrogens (tertiary/aromatic N) is 1. The Hall–Kier alpha value is -2.48. The van der Waals surface area contributed by atoms with Crippen LogP contribution in [0, 0.1) is 12.3 Å². The zero-order valence-electron chi connectivity index (χ0n) is 21.9. The summed E-state index contributed by atoms with van der Waals surface area (Å²) < 4.78 is 35.0. The van der Waals surface area contributed by atoms with Crippen molar-refractivity contribution in [2.24, 2.45) is 5.41 Å². The maximum atomic E-state index is 13.7. The summed E-state index contributed by atoms with van der Waals surface area (Å²) in [6, 6.07) is 17.2. The number of rotatable bonds is 6. The third-order valence-corrected chi connectivity index (χ3v) is 9.90. The maximum Gasteiger partial charge on any atom is 0.247 e. The second-order valence-electron chi connectivity index (χ2n) is 10.6. The molecule has 1 aliphatic heterocycles. The molecule has 3 aromatic rings. The molecule has 2 atom stereocenters. The maximum absolute atomic E-state index is 13.7. The number of carbonyl (C=O) groups is 1. The molecular weight excluding hydrogens is 490 g/mol. The van der Waals surface area contributed by atoms with E-state index in [2.05, 4.69) is 45.0 Å². The number of para-hydroxylation sites is 1. The van der Waals surface area contributed by atoms with Crippen LogP contribution in [0.1, 0.15) is 78.2 Å². The number of benzene rings is 2. The van der Waals surface area contributed by atoms with Crippen LogP contribution in [0.5, 0.6) is 5.75 Å². The first-order valence-corrected chi connectivity index (χ1v) is 14.6. The van der Waals surface area contributed by atoms with Crippen molar-refractivity contribution in [1.29, 1.82) is 0 Å². The Balaban J connectivity index is 1.75. The molecule has 0 amide bonds. The third-order valence-electron chi connectivity index (χ3n) is 6.80. The van der Waals surface area contributed by atoms with Gasteiger partial charge < -0.3 is 4.74 Å². The molecule has 5 nitrogen and oxygen atoms in total. The van der Waals surface area contributed by atoms with Crippen LogP contribution in [-0.4, -0.2) is 31.2 Å². The normalized spacial score (nSPS) is 18.7. The van der Waals surface area contributed by atoms with Gasteiger partial charge in [0.2, 0.25) is 10.0 Å². The molecule has 36 heavy (non-hydrogen) atoms. The SMILES string of the molecule is CC[C@@H]1CN(Cc2cc(C(c3ccc(C(C)=O)s3)C(C)(C)C)ccc2C)S(=O)(=O)c2ccccc2O1.